The monoisotopic (exact) mass is 536 g/mol. The topological polar surface area (TPSA) is 101 Å². The van der Waals surface area contributed by atoms with Crippen LogP contribution in [-0.4, -0.2) is 62.2 Å². The smallest absolute Gasteiger partial charge is 0.392 e. The predicted octanol–water partition coefficient (Wildman–Crippen LogP) is 3.56. The van der Waals surface area contributed by atoms with E-state index in [9.17, 15) is 23.1 Å². The molecule has 1 aliphatic rings. The third-order valence-corrected chi connectivity index (χ3v) is 7.04. The van der Waals surface area contributed by atoms with Gasteiger partial charge in [0.2, 0.25) is 5.91 Å². The molecule has 206 valence electrons. The Labute approximate surface area is 218 Å². The number of hydrogen-bond donors (Lipinski definition) is 2. The molecule has 0 spiro atoms. The minimum atomic E-state index is -4.42. The number of primary amides is 1. The average molecular weight is 537 g/mol. The van der Waals surface area contributed by atoms with Crippen molar-refractivity contribution in [2.45, 2.75) is 58.1 Å². The fourth-order valence-electron chi connectivity index (χ4n) is 5.00. The van der Waals surface area contributed by atoms with E-state index in [-0.39, 0.29) is 30.4 Å². The van der Waals surface area contributed by atoms with E-state index in [0.717, 1.165) is 12.1 Å². The summed E-state index contributed by atoms with van der Waals surface area (Å²) in [5.74, 6) is -0.589. The lowest BCUT2D eigenvalue weighted by atomic mass is 9.91. The molecule has 3 aromatic rings. The lowest BCUT2D eigenvalue weighted by Gasteiger charge is -2.35. The molecule has 1 fully saturated rings. The first kappa shape index (κ1) is 27.8. The first-order valence-electron chi connectivity index (χ1n) is 12.5. The number of amides is 1. The Hall–Kier alpha value is -3.25. The highest BCUT2D eigenvalue weighted by molar-refractivity contribution is 5.88. The summed E-state index contributed by atoms with van der Waals surface area (Å²) in [6, 6.07) is 4.77. The van der Waals surface area contributed by atoms with E-state index >= 15 is 4.39 Å². The molecule has 1 aliphatic heterocycles. The summed E-state index contributed by atoms with van der Waals surface area (Å²) in [4.78, 5) is 23.5. The standard InChI is InChI=1S/C26H32F4N6O2/c1-16(2)36(11-17-3-5-19(6-4-17)26(28,29)30)25-23-20(27)12-35(24(23)32-15-33-25)10-8-18-7-9-34(13-21(18)37)14-22(31)38/h3-6,12,15-16,18,21,37H,7-11,13-14H2,1-2H3,(H2,31,38)/t18-,21+/m0/s1. The van der Waals surface area contributed by atoms with Crippen LogP contribution in [0, 0.1) is 11.7 Å². The number of aromatic nitrogens is 3. The Bertz CT molecular complexity index is 1260. The van der Waals surface area contributed by atoms with E-state index in [4.69, 9.17) is 5.73 Å². The maximum absolute atomic E-state index is 15.3. The molecule has 38 heavy (non-hydrogen) atoms. The molecule has 12 heteroatoms. The molecule has 0 aliphatic carbocycles. The minimum absolute atomic E-state index is 0.0206. The summed E-state index contributed by atoms with van der Waals surface area (Å²) in [7, 11) is 0. The summed E-state index contributed by atoms with van der Waals surface area (Å²) >= 11 is 0. The molecule has 1 aromatic carbocycles. The number of halogens is 4. The molecule has 0 unspecified atom stereocenters. The number of aryl methyl sites for hydroxylation is 1. The summed E-state index contributed by atoms with van der Waals surface area (Å²) in [5.41, 5.74) is 5.57. The fourth-order valence-corrected chi connectivity index (χ4v) is 5.00. The molecule has 3 N–H and O–H groups in total. The molecule has 2 aromatic heterocycles. The number of hydrogen-bond acceptors (Lipinski definition) is 6. The molecule has 1 amide bonds. The number of piperidine rings is 1. The summed E-state index contributed by atoms with van der Waals surface area (Å²) in [6.07, 6.45) is -1.04. The van der Waals surface area contributed by atoms with Crippen LogP contribution in [0.15, 0.2) is 36.8 Å². The summed E-state index contributed by atoms with van der Waals surface area (Å²) in [6.45, 7) is 5.57. The van der Waals surface area contributed by atoms with Crippen LogP contribution in [0.5, 0.6) is 0 Å². The van der Waals surface area contributed by atoms with Crippen molar-refractivity contribution in [3.8, 4) is 0 Å². The van der Waals surface area contributed by atoms with Gasteiger partial charge in [0.05, 0.1) is 23.6 Å². The zero-order chi connectivity index (χ0) is 27.6. The quantitative estimate of drug-likeness (QED) is 0.406. The zero-order valence-electron chi connectivity index (χ0n) is 21.3. The highest BCUT2D eigenvalue weighted by Gasteiger charge is 2.31. The van der Waals surface area contributed by atoms with Crippen LogP contribution in [0.2, 0.25) is 0 Å². The Morgan fingerprint density at radius 3 is 2.55 bits per heavy atom. The molecule has 1 saturated heterocycles. The molecule has 0 saturated carbocycles. The maximum Gasteiger partial charge on any atom is 0.416 e. The number of fused-ring (bicyclic) bond motifs is 1. The average Bonchev–Trinajstić information content (AvgIpc) is 3.17. The van der Waals surface area contributed by atoms with Gasteiger partial charge in [0.1, 0.15) is 17.8 Å². The second-order valence-electron chi connectivity index (χ2n) is 10.1. The first-order chi connectivity index (χ1) is 17.9. The molecule has 8 nitrogen and oxygen atoms in total. The van der Waals surface area contributed by atoms with Crippen LogP contribution < -0.4 is 10.6 Å². The van der Waals surface area contributed by atoms with Gasteiger partial charge in [-0.25, -0.2) is 14.4 Å². The number of carbonyl (C=O) groups excluding carboxylic acids is 1. The summed E-state index contributed by atoms with van der Waals surface area (Å²) in [5, 5.41) is 10.8. The number of rotatable bonds is 9. The number of β-amino-alcohol motifs (C(OH)–C–C–N with tert-alkyl or cyclic N) is 1. The number of alkyl halides is 3. The van der Waals surface area contributed by atoms with Crippen LogP contribution >= 0.6 is 0 Å². The molecule has 4 rings (SSSR count). The van der Waals surface area contributed by atoms with Gasteiger partial charge in [0.15, 0.2) is 5.82 Å². The second-order valence-corrected chi connectivity index (χ2v) is 10.1. The van der Waals surface area contributed by atoms with Gasteiger partial charge in [-0.3, -0.25) is 9.69 Å². The molecule has 2 atom stereocenters. The van der Waals surface area contributed by atoms with Crippen molar-refractivity contribution in [2.24, 2.45) is 11.7 Å². The van der Waals surface area contributed by atoms with E-state index in [1.165, 1.54) is 24.7 Å². The highest BCUT2D eigenvalue weighted by Crippen LogP contribution is 2.32. The maximum atomic E-state index is 15.3. The molecular formula is C26H32F4N6O2. The fraction of sp³-hybridized carbons (Fsp3) is 0.500. The number of carbonyl (C=O) groups is 1. The Balaban J connectivity index is 1.52. The molecular weight excluding hydrogens is 504 g/mol. The van der Waals surface area contributed by atoms with Gasteiger partial charge in [-0.05, 0) is 56.8 Å². The SMILES string of the molecule is CC(C)N(Cc1ccc(C(F)(F)F)cc1)c1ncnc2c1c(F)cn2CC[C@@H]1CCN(CC(N)=O)C[C@H]1O. The Morgan fingerprint density at radius 1 is 1.24 bits per heavy atom. The number of likely N-dealkylation sites (tertiary alicyclic amines) is 1. The van der Waals surface area contributed by atoms with Crippen molar-refractivity contribution in [1.82, 2.24) is 19.4 Å². The molecule has 0 radical (unpaired) electrons. The van der Waals surface area contributed by atoms with Crippen LogP contribution in [-0.2, 0) is 24.1 Å². The van der Waals surface area contributed by atoms with Gasteiger partial charge < -0.3 is 20.3 Å². The Kier molecular flexibility index (Phi) is 8.22. The predicted molar refractivity (Wildman–Crippen MR) is 135 cm³/mol. The number of nitrogens with zero attached hydrogens (tertiary/aromatic N) is 5. The number of aliphatic hydroxyl groups is 1. The van der Waals surface area contributed by atoms with Crippen LogP contribution in [0.4, 0.5) is 23.4 Å². The second kappa shape index (κ2) is 11.2. The van der Waals surface area contributed by atoms with Crippen molar-refractivity contribution in [3.05, 3.63) is 53.7 Å². The number of aliphatic hydroxyl groups excluding tert-OH is 1. The van der Waals surface area contributed by atoms with Crippen molar-refractivity contribution in [1.29, 1.82) is 0 Å². The van der Waals surface area contributed by atoms with Gasteiger partial charge in [-0.15, -0.1) is 0 Å². The van der Waals surface area contributed by atoms with Crippen molar-refractivity contribution < 1.29 is 27.5 Å². The highest BCUT2D eigenvalue weighted by atomic mass is 19.4. The van der Waals surface area contributed by atoms with Crippen molar-refractivity contribution in [3.63, 3.8) is 0 Å². The van der Waals surface area contributed by atoms with Gasteiger partial charge in [0.25, 0.3) is 0 Å². The number of nitrogens with two attached hydrogens (primary N) is 1. The largest absolute Gasteiger partial charge is 0.416 e. The lowest BCUT2D eigenvalue weighted by Crippen LogP contribution is -2.47. The van der Waals surface area contributed by atoms with Gasteiger partial charge in [-0.2, -0.15) is 13.2 Å². The van der Waals surface area contributed by atoms with E-state index < -0.39 is 29.6 Å². The number of benzene rings is 1. The summed E-state index contributed by atoms with van der Waals surface area (Å²) < 4.78 is 55.9. The lowest BCUT2D eigenvalue weighted by molar-refractivity contribution is -0.137. The minimum Gasteiger partial charge on any atom is -0.392 e. The van der Waals surface area contributed by atoms with Gasteiger partial charge in [-0.1, -0.05) is 12.1 Å². The van der Waals surface area contributed by atoms with Crippen LogP contribution in [0.3, 0.4) is 0 Å². The third-order valence-electron chi connectivity index (χ3n) is 7.04. The van der Waals surface area contributed by atoms with Gasteiger partial charge >= 0.3 is 6.18 Å². The van der Waals surface area contributed by atoms with E-state index in [0.29, 0.717) is 49.5 Å². The van der Waals surface area contributed by atoms with E-state index in [2.05, 4.69) is 9.97 Å². The normalized spacial score (nSPS) is 18.8. The van der Waals surface area contributed by atoms with E-state index in [1.807, 2.05) is 23.6 Å². The van der Waals surface area contributed by atoms with Gasteiger partial charge in [0, 0.05) is 31.9 Å². The van der Waals surface area contributed by atoms with E-state index in [1.54, 1.807) is 4.57 Å². The van der Waals surface area contributed by atoms with Crippen LogP contribution in [0.1, 0.15) is 37.8 Å². The number of anilines is 1. The van der Waals surface area contributed by atoms with Crippen LogP contribution in [0.25, 0.3) is 11.0 Å². The van der Waals surface area contributed by atoms with Crippen molar-refractivity contribution in [2.75, 3.05) is 24.5 Å². The first-order valence-corrected chi connectivity index (χ1v) is 12.5. The molecule has 3 heterocycles. The Morgan fingerprint density at radius 2 is 1.95 bits per heavy atom. The van der Waals surface area contributed by atoms with Crippen molar-refractivity contribution >= 4 is 22.8 Å². The zero-order valence-corrected chi connectivity index (χ0v) is 21.3. The molecule has 0 bridgehead atoms. The third kappa shape index (κ3) is 6.24.